The van der Waals surface area contributed by atoms with Crippen molar-refractivity contribution < 1.29 is 4.79 Å². The lowest BCUT2D eigenvalue weighted by atomic mass is 10.1. The van der Waals surface area contributed by atoms with Crippen LogP contribution in [0.2, 0.25) is 0 Å². The number of pyridine rings is 1. The molecule has 25 heavy (non-hydrogen) atoms. The summed E-state index contributed by atoms with van der Waals surface area (Å²) in [4.78, 5) is 18.4. The summed E-state index contributed by atoms with van der Waals surface area (Å²) < 4.78 is 0. The average molecular weight is 350 g/mol. The molecule has 5 nitrogen and oxygen atoms in total. The first-order valence-electron chi connectivity index (χ1n) is 8.12. The summed E-state index contributed by atoms with van der Waals surface area (Å²) in [6.45, 7) is 2.14. The number of aryl methyl sites for hydroxylation is 1. The number of unbranched alkanes of at least 4 members (excludes halogenated alkanes) is 1. The van der Waals surface area contributed by atoms with E-state index in [1.54, 1.807) is 24.3 Å². The second-order valence-corrected chi connectivity index (χ2v) is 6.71. The lowest BCUT2D eigenvalue weighted by Crippen LogP contribution is -2.12. The van der Waals surface area contributed by atoms with Crippen LogP contribution in [0.5, 0.6) is 0 Å². The van der Waals surface area contributed by atoms with E-state index < -0.39 is 0 Å². The number of benzene rings is 1. The summed E-state index contributed by atoms with van der Waals surface area (Å²) in [5.41, 5.74) is 8.49. The summed E-state index contributed by atoms with van der Waals surface area (Å²) in [7, 11) is 0. The van der Waals surface area contributed by atoms with Crippen LogP contribution < -0.4 is 11.1 Å². The molecule has 0 saturated carbocycles. The highest BCUT2D eigenvalue weighted by Crippen LogP contribution is 2.33. The molecule has 0 aliphatic rings. The Kier molecular flexibility index (Phi) is 4.96. The summed E-state index contributed by atoms with van der Waals surface area (Å²) in [6, 6.07) is 12.8. The number of rotatable bonds is 5. The fourth-order valence-corrected chi connectivity index (χ4v) is 3.58. The lowest BCUT2D eigenvalue weighted by molar-refractivity contribution is 0.103. The SMILES string of the molecule is CCCCc1ccc2c(N)c(C(=O)Nc3ccccc3C#N)sc2n1. The number of nitrogen functional groups attached to an aromatic ring is 1. The first-order valence-corrected chi connectivity index (χ1v) is 8.94. The third kappa shape index (κ3) is 3.47. The van der Waals surface area contributed by atoms with Crippen LogP contribution in [0.25, 0.3) is 10.2 Å². The van der Waals surface area contributed by atoms with Gasteiger partial charge in [-0.25, -0.2) is 4.98 Å². The first kappa shape index (κ1) is 16.9. The van der Waals surface area contributed by atoms with Gasteiger partial charge < -0.3 is 11.1 Å². The highest BCUT2D eigenvalue weighted by atomic mass is 32.1. The number of para-hydroxylation sites is 1. The molecular formula is C19H18N4OS. The fourth-order valence-electron chi connectivity index (χ4n) is 2.57. The van der Waals surface area contributed by atoms with Crippen LogP contribution >= 0.6 is 11.3 Å². The van der Waals surface area contributed by atoms with Gasteiger partial charge in [0.2, 0.25) is 0 Å². The van der Waals surface area contributed by atoms with Gasteiger partial charge in [-0.3, -0.25) is 4.79 Å². The molecular weight excluding hydrogens is 332 g/mol. The highest BCUT2D eigenvalue weighted by molar-refractivity contribution is 7.21. The Labute approximate surface area is 150 Å². The predicted molar refractivity (Wildman–Crippen MR) is 102 cm³/mol. The van der Waals surface area contributed by atoms with Crippen LogP contribution in [0.15, 0.2) is 36.4 Å². The molecule has 0 spiro atoms. The third-order valence-electron chi connectivity index (χ3n) is 3.94. The Balaban J connectivity index is 1.91. The van der Waals surface area contributed by atoms with E-state index in [2.05, 4.69) is 23.3 Å². The Hall–Kier alpha value is -2.91. The maximum atomic E-state index is 12.6. The van der Waals surface area contributed by atoms with Gasteiger partial charge in [0.1, 0.15) is 15.8 Å². The fraction of sp³-hybridized carbons (Fsp3) is 0.211. The molecule has 6 heteroatoms. The van der Waals surface area contributed by atoms with E-state index in [0.717, 1.165) is 35.2 Å². The number of hydrogen-bond donors (Lipinski definition) is 2. The zero-order valence-corrected chi connectivity index (χ0v) is 14.7. The number of aromatic nitrogens is 1. The Morgan fingerprint density at radius 2 is 2.12 bits per heavy atom. The maximum Gasteiger partial charge on any atom is 0.267 e. The highest BCUT2D eigenvalue weighted by Gasteiger charge is 2.18. The minimum absolute atomic E-state index is 0.321. The number of carbonyl (C=O) groups excluding carboxylic acids is 1. The van der Waals surface area contributed by atoms with Crippen molar-refractivity contribution in [1.82, 2.24) is 4.98 Å². The third-order valence-corrected chi connectivity index (χ3v) is 5.05. The number of nitriles is 1. The second kappa shape index (κ2) is 7.32. The molecule has 2 heterocycles. The van der Waals surface area contributed by atoms with Crippen molar-refractivity contribution in [2.24, 2.45) is 0 Å². The van der Waals surface area contributed by atoms with Crippen LogP contribution in [0, 0.1) is 11.3 Å². The van der Waals surface area contributed by atoms with Gasteiger partial charge >= 0.3 is 0 Å². The molecule has 0 aliphatic carbocycles. The van der Waals surface area contributed by atoms with Gasteiger partial charge in [0.15, 0.2) is 0 Å². The molecule has 0 radical (unpaired) electrons. The van der Waals surface area contributed by atoms with Crippen LogP contribution in [-0.4, -0.2) is 10.9 Å². The molecule has 126 valence electrons. The molecule has 3 aromatic rings. The Bertz CT molecular complexity index is 971. The zero-order chi connectivity index (χ0) is 17.8. The van der Waals surface area contributed by atoms with E-state index in [-0.39, 0.29) is 5.91 Å². The van der Waals surface area contributed by atoms with Crippen molar-refractivity contribution in [2.75, 3.05) is 11.1 Å². The molecule has 3 rings (SSSR count). The second-order valence-electron chi connectivity index (χ2n) is 5.72. The molecule has 3 N–H and O–H groups in total. The normalized spacial score (nSPS) is 10.6. The van der Waals surface area contributed by atoms with Crippen molar-refractivity contribution in [3.8, 4) is 6.07 Å². The molecule has 1 aromatic carbocycles. The number of nitrogens with one attached hydrogen (secondary N) is 1. The number of fused-ring (bicyclic) bond motifs is 1. The minimum atomic E-state index is -0.321. The molecule has 0 fully saturated rings. The van der Waals surface area contributed by atoms with E-state index >= 15 is 0 Å². The van der Waals surface area contributed by atoms with E-state index in [1.807, 2.05) is 12.1 Å². The van der Waals surface area contributed by atoms with Crippen molar-refractivity contribution in [2.45, 2.75) is 26.2 Å². The topological polar surface area (TPSA) is 91.8 Å². The quantitative estimate of drug-likeness (QED) is 0.716. The van der Waals surface area contributed by atoms with Gasteiger partial charge in [-0.2, -0.15) is 5.26 Å². The van der Waals surface area contributed by atoms with Gasteiger partial charge in [0.05, 0.1) is 16.9 Å². The van der Waals surface area contributed by atoms with E-state index in [1.165, 1.54) is 11.3 Å². The van der Waals surface area contributed by atoms with E-state index in [0.29, 0.717) is 21.8 Å². The molecule has 0 bridgehead atoms. The first-order chi connectivity index (χ1) is 12.1. The van der Waals surface area contributed by atoms with E-state index in [4.69, 9.17) is 11.0 Å². The number of nitrogens with two attached hydrogens (primary N) is 1. The number of anilines is 2. The summed E-state index contributed by atoms with van der Waals surface area (Å²) in [6.07, 6.45) is 3.11. The van der Waals surface area contributed by atoms with Gasteiger partial charge in [0.25, 0.3) is 5.91 Å². The van der Waals surface area contributed by atoms with Gasteiger partial charge in [-0.15, -0.1) is 11.3 Å². The number of hydrogen-bond acceptors (Lipinski definition) is 5. The average Bonchev–Trinajstić information content (AvgIpc) is 2.96. The van der Waals surface area contributed by atoms with E-state index in [9.17, 15) is 4.79 Å². The van der Waals surface area contributed by atoms with Crippen molar-refractivity contribution >= 4 is 38.8 Å². The van der Waals surface area contributed by atoms with Gasteiger partial charge in [-0.1, -0.05) is 25.5 Å². The Morgan fingerprint density at radius 1 is 1.32 bits per heavy atom. The number of amides is 1. The van der Waals surface area contributed by atoms with Crippen LogP contribution in [0.4, 0.5) is 11.4 Å². The molecule has 0 aliphatic heterocycles. The van der Waals surface area contributed by atoms with Crippen LogP contribution in [0.1, 0.15) is 40.7 Å². The summed E-state index contributed by atoms with van der Waals surface area (Å²) >= 11 is 1.28. The molecule has 0 atom stereocenters. The number of nitrogens with zero attached hydrogens (tertiary/aromatic N) is 2. The molecule has 0 unspecified atom stereocenters. The molecule has 1 amide bonds. The summed E-state index contributed by atoms with van der Waals surface area (Å²) in [5.74, 6) is -0.321. The van der Waals surface area contributed by atoms with Gasteiger partial charge in [0, 0.05) is 11.1 Å². The smallest absolute Gasteiger partial charge is 0.267 e. The lowest BCUT2D eigenvalue weighted by Gasteiger charge is -2.05. The summed E-state index contributed by atoms with van der Waals surface area (Å²) in [5, 5.41) is 12.7. The van der Waals surface area contributed by atoms with Crippen LogP contribution in [0.3, 0.4) is 0 Å². The zero-order valence-electron chi connectivity index (χ0n) is 13.9. The van der Waals surface area contributed by atoms with Crippen molar-refractivity contribution in [3.05, 3.63) is 52.5 Å². The van der Waals surface area contributed by atoms with Crippen LogP contribution in [-0.2, 0) is 6.42 Å². The standard InChI is InChI=1S/C19H18N4OS/c1-2-3-7-13-9-10-14-16(21)17(25-19(14)22-13)18(24)23-15-8-5-4-6-12(15)11-20/h4-6,8-10H,2-3,7,21H2,1H3,(H,23,24). The monoisotopic (exact) mass is 350 g/mol. The minimum Gasteiger partial charge on any atom is -0.397 e. The Morgan fingerprint density at radius 3 is 2.88 bits per heavy atom. The van der Waals surface area contributed by atoms with Crippen molar-refractivity contribution in [1.29, 1.82) is 5.26 Å². The van der Waals surface area contributed by atoms with Crippen molar-refractivity contribution in [3.63, 3.8) is 0 Å². The molecule has 0 saturated heterocycles. The molecule has 2 aromatic heterocycles. The predicted octanol–water partition coefficient (Wildman–Crippen LogP) is 4.35. The maximum absolute atomic E-state index is 12.6. The van der Waals surface area contributed by atoms with Gasteiger partial charge in [-0.05, 0) is 37.1 Å². The number of carbonyl (C=O) groups is 1. The number of thiophene rings is 1. The largest absolute Gasteiger partial charge is 0.397 e.